The molecule has 0 unspecified atom stereocenters. The van der Waals surface area contributed by atoms with Crippen molar-refractivity contribution in [1.29, 1.82) is 0 Å². The van der Waals surface area contributed by atoms with E-state index in [4.69, 9.17) is 0 Å². The van der Waals surface area contributed by atoms with Crippen LogP contribution in [0.3, 0.4) is 0 Å². The van der Waals surface area contributed by atoms with Crippen molar-refractivity contribution in [2.75, 3.05) is 0 Å². The van der Waals surface area contributed by atoms with Crippen LogP contribution in [0.2, 0.25) is 13.3 Å². The second kappa shape index (κ2) is 8.39. The molecule has 1 aliphatic rings. The van der Waals surface area contributed by atoms with E-state index in [0.29, 0.717) is 5.78 Å². The van der Waals surface area contributed by atoms with E-state index in [1.54, 1.807) is 3.59 Å². The first-order valence-electron chi connectivity index (χ1n) is 7.92. The van der Waals surface area contributed by atoms with Crippen molar-refractivity contribution >= 4 is 24.2 Å². The van der Waals surface area contributed by atoms with Crippen LogP contribution in [-0.4, -0.2) is 24.2 Å². The summed E-state index contributed by atoms with van der Waals surface area (Å²) in [5, 5.41) is 0. The first-order chi connectivity index (χ1) is 8.68. The van der Waals surface area contributed by atoms with Crippen molar-refractivity contribution in [3.05, 3.63) is 9.67 Å². The van der Waals surface area contributed by atoms with E-state index in [-0.39, 0.29) is 0 Å². The number of hydrogen-bond acceptors (Lipinski definition) is 1. The zero-order chi connectivity index (χ0) is 13.4. The molecule has 1 aliphatic carbocycles. The van der Waals surface area contributed by atoms with Gasteiger partial charge >= 0.3 is 118 Å². The van der Waals surface area contributed by atoms with E-state index in [1.807, 2.05) is 6.08 Å². The molecule has 0 radical (unpaired) electrons. The Kier molecular flexibility index (Phi) is 7.58. The summed E-state index contributed by atoms with van der Waals surface area (Å²) in [6.07, 6.45) is 11.0. The van der Waals surface area contributed by atoms with Crippen molar-refractivity contribution in [3.8, 4) is 0 Å². The number of carbonyl (C=O) groups excluding carboxylic acids is 1. The Balaban J connectivity index is 2.77. The average Bonchev–Trinajstić information content (AvgIpc) is 2.35. The Morgan fingerprint density at radius 2 is 1.33 bits per heavy atom. The molecule has 1 rings (SSSR count). The predicted octanol–water partition coefficient (Wildman–Crippen LogP) is 5.27. The van der Waals surface area contributed by atoms with Gasteiger partial charge < -0.3 is 0 Å². The molecule has 0 saturated carbocycles. The Morgan fingerprint density at radius 1 is 0.944 bits per heavy atom. The number of carbonyl (C=O) groups is 1. The van der Waals surface area contributed by atoms with Gasteiger partial charge in [0.2, 0.25) is 0 Å². The summed E-state index contributed by atoms with van der Waals surface area (Å²) in [4.78, 5) is 11.3. The summed E-state index contributed by atoms with van der Waals surface area (Å²) >= 11 is -2.12. The molecule has 0 saturated heterocycles. The maximum absolute atomic E-state index is 11.3. The van der Waals surface area contributed by atoms with Crippen LogP contribution in [0.25, 0.3) is 0 Å². The summed E-state index contributed by atoms with van der Waals surface area (Å²) in [6, 6.07) is 0. The number of hydrogen-bond donors (Lipinski definition) is 0. The first kappa shape index (κ1) is 16.3. The molecular weight excluding hydrogens is 327 g/mol. The summed E-state index contributed by atoms with van der Waals surface area (Å²) in [5.74, 6) is 0.399. The van der Waals surface area contributed by atoms with E-state index >= 15 is 0 Å². The van der Waals surface area contributed by atoms with Crippen molar-refractivity contribution in [2.24, 2.45) is 0 Å². The van der Waals surface area contributed by atoms with Gasteiger partial charge in [-0.3, -0.25) is 0 Å². The summed E-state index contributed by atoms with van der Waals surface area (Å²) in [5.41, 5.74) is 0. The van der Waals surface area contributed by atoms with Crippen LogP contribution in [0.5, 0.6) is 0 Å². The summed E-state index contributed by atoms with van der Waals surface area (Å²) in [7, 11) is 0. The molecule has 0 aromatic carbocycles. The molecule has 18 heavy (non-hydrogen) atoms. The third-order valence-electron chi connectivity index (χ3n) is 4.41. The number of rotatable bonds is 10. The van der Waals surface area contributed by atoms with Gasteiger partial charge in [0.1, 0.15) is 0 Å². The molecule has 0 aromatic rings. The molecule has 0 aromatic heterocycles. The van der Waals surface area contributed by atoms with E-state index in [1.165, 1.54) is 51.8 Å². The zero-order valence-electron chi connectivity index (χ0n) is 12.6. The number of ketones is 1. The van der Waals surface area contributed by atoms with Crippen LogP contribution in [0.1, 0.15) is 65.7 Å². The van der Waals surface area contributed by atoms with Crippen LogP contribution in [-0.2, 0) is 4.79 Å². The van der Waals surface area contributed by atoms with Crippen molar-refractivity contribution in [1.82, 2.24) is 0 Å². The van der Waals surface area contributed by atoms with Gasteiger partial charge in [0, 0.05) is 0 Å². The van der Waals surface area contributed by atoms with Gasteiger partial charge in [0.05, 0.1) is 0 Å². The standard InChI is InChI=1S/C4H3O.3C4H9.Sn/c5-4-2-1-3-4;3*1-3-4-2;/h2H,3H2;3*1,3-4H2,2H3;. The molecular formula is C16H30OSn. The number of allylic oxidation sites excluding steroid dienone is 2. The first-order valence-corrected chi connectivity index (χ1v) is 15.4. The molecule has 0 heterocycles. The minimum atomic E-state index is -2.12. The van der Waals surface area contributed by atoms with Gasteiger partial charge in [-0.05, 0) is 0 Å². The average molecular weight is 357 g/mol. The van der Waals surface area contributed by atoms with Gasteiger partial charge in [0.25, 0.3) is 0 Å². The zero-order valence-corrected chi connectivity index (χ0v) is 15.4. The Hall–Kier alpha value is 0.209. The topological polar surface area (TPSA) is 17.1 Å². The van der Waals surface area contributed by atoms with Crippen LogP contribution < -0.4 is 0 Å². The fourth-order valence-electron chi connectivity index (χ4n) is 3.10. The third kappa shape index (κ3) is 4.39. The Bertz CT molecular complexity index is 272. The molecule has 1 nitrogen and oxygen atoms in total. The fourth-order valence-corrected chi connectivity index (χ4v) is 19.7. The number of unbranched alkanes of at least 4 members (excludes halogenated alkanes) is 3. The molecule has 0 aliphatic heterocycles. The predicted molar refractivity (Wildman–Crippen MR) is 82.6 cm³/mol. The SMILES string of the molecule is CCC[CH2][Sn]([CH2]CCC)([CH2]CCC)[C]1=CC(=O)C1. The third-order valence-corrected chi connectivity index (χ3v) is 20.4. The van der Waals surface area contributed by atoms with Crippen LogP contribution in [0.15, 0.2) is 9.67 Å². The van der Waals surface area contributed by atoms with Gasteiger partial charge in [-0.1, -0.05) is 0 Å². The second-order valence-electron chi connectivity index (χ2n) is 5.90. The van der Waals surface area contributed by atoms with Gasteiger partial charge in [0.15, 0.2) is 0 Å². The minimum absolute atomic E-state index is 0.399. The maximum atomic E-state index is 11.3. The summed E-state index contributed by atoms with van der Waals surface area (Å²) in [6.45, 7) is 6.91. The van der Waals surface area contributed by atoms with Gasteiger partial charge in [-0.2, -0.15) is 0 Å². The molecule has 0 amide bonds. The molecule has 0 spiro atoms. The molecule has 0 fully saturated rings. The Labute approximate surface area is 117 Å². The summed E-state index contributed by atoms with van der Waals surface area (Å²) < 4.78 is 6.20. The molecule has 104 valence electrons. The van der Waals surface area contributed by atoms with E-state index in [0.717, 1.165) is 6.42 Å². The quantitative estimate of drug-likeness (QED) is 0.487. The molecule has 0 atom stereocenters. The normalized spacial score (nSPS) is 15.5. The molecule has 0 N–H and O–H groups in total. The van der Waals surface area contributed by atoms with Crippen molar-refractivity contribution in [2.45, 2.75) is 79.0 Å². The van der Waals surface area contributed by atoms with E-state index in [2.05, 4.69) is 20.8 Å². The Morgan fingerprint density at radius 3 is 1.61 bits per heavy atom. The van der Waals surface area contributed by atoms with Gasteiger partial charge in [-0.25, -0.2) is 0 Å². The van der Waals surface area contributed by atoms with Crippen molar-refractivity contribution in [3.63, 3.8) is 0 Å². The monoisotopic (exact) mass is 358 g/mol. The van der Waals surface area contributed by atoms with Crippen LogP contribution >= 0.6 is 0 Å². The van der Waals surface area contributed by atoms with Crippen molar-refractivity contribution < 1.29 is 4.79 Å². The van der Waals surface area contributed by atoms with E-state index in [9.17, 15) is 4.79 Å². The molecule has 0 bridgehead atoms. The van der Waals surface area contributed by atoms with E-state index < -0.39 is 18.4 Å². The fraction of sp³-hybridized carbons (Fsp3) is 0.812. The molecule has 2 heteroatoms. The second-order valence-corrected chi connectivity index (χ2v) is 19.3. The van der Waals surface area contributed by atoms with Crippen LogP contribution in [0.4, 0.5) is 0 Å². The van der Waals surface area contributed by atoms with Gasteiger partial charge in [-0.15, -0.1) is 0 Å². The van der Waals surface area contributed by atoms with Crippen LogP contribution in [0, 0.1) is 0 Å².